The first-order valence-electron chi connectivity index (χ1n) is 7.12. The number of anilines is 1. The fraction of sp³-hybridized carbons (Fsp3) is 0.0556. The summed E-state index contributed by atoms with van der Waals surface area (Å²) in [6.45, 7) is -0.0741. The lowest BCUT2D eigenvalue weighted by Gasteiger charge is -2.09. The van der Waals surface area contributed by atoms with Crippen LogP contribution in [0.5, 0.6) is 5.75 Å². The maximum Gasteiger partial charge on any atom is 0.266 e. The Kier molecular flexibility index (Phi) is 7.46. The van der Waals surface area contributed by atoms with Crippen LogP contribution in [0.15, 0.2) is 46.4 Å². The number of nitrogens with one attached hydrogen (secondary N) is 1. The number of hydrogen-bond donors (Lipinski definition) is 1. The van der Waals surface area contributed by atoms with Gasteiger partial charge in [-0.05, 0) is 80.5 Å². The molecule has 26 heavy (non-hydrogen) atoms. The van der Waals surface area contributed by atoms with E-state index in [-0.39, 0.29) is 12.2 Å². The molecule has 0 aromatic heterocycles. The van der Waals surface area contributed by atoms with Crippen molar-refractivity contribution in [2.45, 2.75) is 0 Å². The summed E-state index contributed by atoms with van der Waals surface area (Å²) < 4.78 is 6.71. The van der Waals surface area contributed by atoms with Crippen LogP contribution in [-0.4, -0.2) is 12.5 Å². The van der Waals surface area contributed by atoms with Gasteiger partial charge in [-0.3, -0.25) is 4.79 Å². The van der Waals surface area contributed by atoms with E-state index in [0.29, 0.717) is 26.5 Å². The second-order valence-corrected chi connectivity index (χ2v) is 7.35. The van der Waals surface area contributed by atoms with Gasteiger partial charge in [0.1, 0.15) is 23.5 Å². The van der Waals surface area contributed by atoms with Crippen molar-refractivity contribution in [3.05, 3.63) is 60.6 Å². The Balaban J connectivity index is 2.27. The van der Waals surface area contributed by atoms with Gasteiger partial charge in [0.2, 0.25) is 0 Å². The number of carbonyl (C=O) groups is 1. The molecule has 0 spiro atoms. The van der Waals surface area contributed by atoms with Crippen molar-refractivity contribution in [2.75, 3.05) is 11.9 Å². The molecule has 2 aromatic rings. The molecule has 2 rings (SSSR count). The lowest BCUT2D eigenvalue weighted by molar-refractivity contribution is -0.112. The van der Waals surface area contributed by atoms with Crippen molar-refractivity contribution in [1.82, 2.24) is 0 Å². The number of hydrogen-bond acceptors (Lipinski definition) is 4. The van der Waals surface area contributed by atoms with Crippen molar-refractivity contribution in [3.8, 4) is 17.9 Å². The number of nitrogens with zero attached hydrogens (tertiary/aromatic N) is 2. The standard InChI is InChI=1S/C18H10BrClIN3O2/c19-15-7-11(8-16(21)17(15)26-5-4-22)6-12(10-23)18(25)24-14-3-1-2-13(20)9-14/h1-3,6-9H,5H2,(H,24,25)/b12-6+. The smallest absolute Gasteiger partial charge is 0.266 e. The lowest BCUT2D eigenvalue weighted by atomic mass is 10.1. The second kappa shape index (κ2) is 9.58. The Hall–Kier alpha value is -2.07. The fourth-order valence-corrected chi connectivity index (χ4v) is 3.94. The topological polar surface area (TPSA) is 85.9 Å². The number of rotatable bonds is 5. The summed E-state index contributed by atoms with van der Waals surface area (Å²) in [5, 5.41) is 21.1. The maximum atomic E-state index is 12.3. The molecule has 1 N–H and O–H groups in total. The molecule has 0 atom stereocenters. The first-order chi connectivity index (χ1) is 12.4. The minimum absolute atomic E-state index is 0.0571. The Labute approximate surface area is 177 Å². The molecule has 0 unspecified atom stereocenters. The van der Waals surface area contributed by atoms with E-state index < -0.39 is 5.91 Å². The van der Waals surface area contributed by atoms with Gasteiger partial charge in [0.15, 0.2) is 6.61 Å². The number of carbonyl (C=O) groups excluding carboxylic acids is 1. The fourth-order valence-electron chi connectivity index (χ4n) is 1.99. The summed E-state index contributed by atoms with van der Waals surface area (Å²) in [7, 11) is 0. The van der Waals surface area contributed by atoms with Crippen LogP contribution in [0.4, 0.5) is 5.69 Å². The molecule has 130 valence electrons. The van der Waals surface area contributed by atoms with Crippen molar-refractivity contribution >= 4 is 67.8 Å². The average molecular weight is 543 g/mol. The molecule has 0 aliphatic rings. The summed E-state index contributed by atoms with van der Waals surface area (Å²) in [6.07, 6.45) is 1.47. The van der Waals surface area contributed by atoms with Crippen molar-refractivity contribution in [1.29, 1.82) is 10.5 Å². The van der Waals surface area contributed by atoms with Crippen LogP contribution in [0.3, 0.4) is 0 Å². The molecule has 0 aliphatic carbocycles. The van der Waals surface area contributed by atoms with Gasteiger partial charge in [-0.2, -0.15) is 10.5 Å². The molecular formula is C18H10BrClIN3O2. The zero-order valence-corrected chi connectivity index (χ0v) is 17.6. The Morgan fingerprint density at radius 2 is 2.12 bits per heavy atom. The van der Waals surface area contributed by atoms with Crippen LogP contribution < -0.4 is 10.1 Å². The van der Waals surface area contributed by atoms with Crippen molar-refractivity contribution < 1.29 is 9.53 Å². The molecule has 0 heterocycles. The van der Waals surface area contributed by atoms with Crippen molar-refractivity contribution in [3.63, 3.8) is 0 Å². The van der Waals surface area contributed by atoms with Gasteiger partial charge in [0.05, 0.1) is 8.04 Å². The second-order valence-electron chi connectivity index (χ2n) is 4.89. The number of amides is 1. The summed E-state index contributed by atoms with van der Waals surface area (Å²) >= 11 is 11.3. The highest BCUT2D eigenvalue weighted by Crippen LogP contribution is 2.32. The molecule has 5 nitrogen and oxygen atoms in total. The molecule has 0 fully saturated rings. The van der Waals surface area contributed by atoms with Crippen LogP contribution in [0.1, 0.15) is 5.56 Å². The largest absolute Gasteiger partial charge is 0.476 e. The minimum Gasteiger partial charge on any atom is -0.476 e. The van der Waals surface area contributed by atoms with Gasteiger partial charge >= 0.3 is 0 Å². The van der Waals surface area contributed by atoms with Gasteiger partial charge < -0.3 is 10.1 Å². The van der Waals surface area contributed by atoms with Gasteiger partial charge in [-0.1, -0.05) is 17.7 Å². The summed E-state index contributed by atoms with van der Waals surface area (Å²) in [5.74, 6) is -0.00288. The number of ether oxygens (including phenoxy) is 1. The molecule has 0 bridgehead atoms. The van der Waals surface area contributed by atoms with E-state index in [0.717, 1.165) is 3.57 Å². The Morgan fingerprint density at radius 1 is 1.35 bits per heavy atom. The molecule has 0 aliphatic heterocycles. The number of nitriles is 2. The first kappa shape index (κ1) is 20.2. The van der Waals surface area contributed by atoms with E-state index in [2.05, 4.69) is 43.8 Å². The quantitative estimate of drug-likeness (QED) is 0.322. The van der Waals surface area contributed by atoms with E-state index in [9.17, 15) is 10.1 Å². The average Bonchev–Trinajstić information content (AvgIpc) is 2.59. The summed E-state index contributed by atoms with van der Waals surface area (Å²) in [6, 6.07) is 13.9. The number of benzene rings is 2. The van der Waals surface area contributed by atoms with Crippen LogP contribution in [0, 0.1) is 26.2 Å². The lowest BCUT2D eigenvalue weighted by Crippen LogP contribution is -2.13. The SMILES string of the molecule is N#CCOc1c(Br)cc(/C=C(\C#N)C(=O)Nc2cccc(Cl)c2)cc1I. The third-order valence-electron chi connectivity index (χ3n) is 3.06. The highest BCUT2D eigenvalue weighted by Gasteiger charge is 2.12. The highest BCUT2D eigenvalue weighted by atomic mass is 127. The van der Waals surface area contributed by atoms with Gasteiger partial charge in [-0.15, -0.1) is 0 Å². The van der Waals surface area contributed by atoms with Gasteiger partial charge in [0, 0.05) is 10.7 Å². The van der Waals surface area contributed by atoms with E-state index in [1.807, 2.05) is 12.1 Å². The molecule has 1 amide bonds. The zero-order chi connectivity index (χ0) is 19.1. The molecule has 8 heteroatoms. The molecule has 0 saturated heterocycles. The van der Waals surface area contributed by atoms with Gasteiger partial charge in [0.25, 0.3) is 5.91 Å². The van der Waals surface area contributed by atoms with E-state index in [1.165, 1.54) is 6.08 Å². The van der Waals surface area contributed by atoms with Crippen LogP contribution >= 0.6 is 50.1 Å². The van der Waals surface area contributed by atoms with E-state index in [4.69, 9.17) is 21.6 Å². The van der Waals surface area contributed by atoms with Crippen LogP contribution in [0.2, 0.25) is 5.02 Å². The monoisotopic (exact) mass is 541 g/mol. The summed E-state index contributed by atoms with van der Waals surface area (Å²) in [5.41, 5.74) is 1.08. The molecule has 0 radical (unpaired) electrons. The normalized spacial score (nSPS) is 10.6. The minimum atomic E-state index is -0.536. The summed E-state index contributed by atoms with van der Waals surface area (Å²) in [4.78, 5) is 12.3. The van der Waals surface area contributed by atoms with Crippen LogP contribution in [-0.2, 0) is 4.79 Å². The Morgan fingerprint density at radius 3 is 2.73 bits per heavy atom. The first-order valence-corrected chi connectivity index (χ1v) is 9.37. The molecular weight excluding hydrogens is 532 g/mol. The van der Waals surface area contributed by atoms with E-state index in [1.54, 1.807) is 36.4 Å². The highest BCUT2D eigenvalue weighted by molar-refractivity contribution is 14.1. The zero-order valence-electron chi connectivity index (χ0n) is 13.1. The Bertz CT molecular complexity index is 941. The number of halogens is 3. The predicted molar refractivity (Wildman–Crippen MR) is 112 cm³/mol. The van der Waals surface area contributed by atoms with Crippen LogP contribution in [0.25, 0.3) is 6.08 Å². The molecule has 2 aromatic carbocycles. The van der Waals surface area contributed by atoms with E-state index >= 15 is 0 Å². The third-order valence-corrected chi connectivity index (χ3v) is 4.69. The van der Waals surface area contributed by atoms with Crippen molar-refractivity contribution in [2.24, 2.45) is 0 Å². The maximum absolute atomic E-state index is 12.3. The third kappa shape index (κ3) is 5.46. The van der Waals surface area contributed by atoms with Gasteiger partial charge in [-0.25, -0.2) is 0 Å². The molecule has 0 saturated carbocycles. The predicted octanol–water partition coefficient (Wildman–Crippen LogP) is 5.16.